The van der Waals surface area contributed by atoms with Crippen molar-refractivity contribution in [3.8, 4) is 17.0 Å². The molecule has 2 heterocycles. The van der Waals surface area contributed by atoms with Crippen LogP contribution in [0.5, 0.6) is 5.75 Å². The summed E-state index contributed by atoms with van der Waals surface area (Å²) in [4.78, 5) is 10.9. The van der Waals surface area contributed by atoms with Crippen LogP contribution in [0.4, 0.5) is 10.1 Å². The van der Waals surface area contributed by atoms with Gasteiger partial charge in [-0.15, -0.1) is 0 Å². The van der Waals surface area contributed by atoms with Crippen LogP contribution in [-0.2, 0) is 0 Å². The van der Waals surface area contributed by atoms with E-state index in [1.807, 2.05) is 0 Å². The maximum absolute atomic E-state index is 13.8. The smallest absolute Gasteiger partial charge is 0.339 e. The number of nitrogens with two attached hydrogens (primary N) is 1. The van der Waals surface area contributed by atoms with E-state index in [1.165, 1.54) is 18.3 Å². The van der Waals surface area contributed by atoms with Gasteiger partial charge in [-0.2, -0.15) is 0 Å². The van der Waals surface area contributed by atoms with E-state index in [1.54, 1.807) is 29.5 Å². The van der Waals surface area contributed by atoms with Gasteiger partial charge in [-0.3, -0.25) is 0 Å². The fourth-order valence-corrected chi connectivity index (χ4v) is 2.44. The number of nitrogens with zero attached hydrogens (tertiary/aromatic N) is 1. The number of rotatable bonds is 2. The van der Waals surface area contributed by atoms with E-state index in [2.05, 4.69) is 0 Å². The fraction of sp³-hybridized carbons (Fsp3) is 0.0625. The number of benzene rings is 1. The van der Waals surface area contributed by atoms with Crippen molar-refractivity contribution in [3.05, 3.63) is 53.5 Å². The molecule has 4 N–H and O–H groups in total. The van der Waals surface area contributed by atoms with Crippen molar-refractivity contribution in [1.29, 1.82) is 0 Å². The van der Waals surface area contributed by atoms with Crippen LogP contribution in [0.15, 0.2) is 36.5 Å². The Morgan fingerprint density at radius 3 is 2.64 bits per heavy atom. The summed E-state index contributed by atoms with van der Waals surface area (Å²) in [6.45, 7) is 1.65. The van der Waals surface area contributed by atoms with Crippen LogP contribution in [0.1, 0.15) is 15.9 Å². The maximum Gasteiger partial charge on any atom is 0.339 e. The molecule has 0 aliphatic rings. The molecule has 0 unspecified atom stereocenters. The average molecular weight is 300 g/mol. The number of fused-ring (bicyclic) bond motifs is 1. The minimum atomic E-state index is -1.22. The molecule has 0 saturated carbocycles. The lowest BCUT2D eigenvalue weighted by Gasteiger charge is -2.07. The molecule has 6 heteroatoms. The quantitative estimate of drug-likeness (QED) is 0.678. The normalized spacial score (nSPS) is 11.0. The molecule has 0 atom stereocenters. The van der Waals surface area contributed by atoms with E-state index >= 15 is 0 Å². The number of carboxylic acid groups (broad SMARTS) is 1. The summed E-state index contributed by atoms with van der Waals surface area (Å²) in [6.07, 6.45) is 1.32. The molecule has 3 aromatic rings. The molecule has 22 heavy (non-hydrogen) atoms. The summed E-state index contributed by atoms with van der Waals surface area (Å²) in [6, 6.07) is 7.46. The summed E-state index contributed by atoms with van der Waals surface area (Å²) in [7, 11) is 0. The zero-order valence-corrected chi connectivity index (χ0v) is 11.7. The third kappa shape index (κ3) is 2.05. The SMILES string of the molecule is Cc1cc2c(N)cc(-c3ccc(C(=O)O)c(O)c3)n2cc1F. The first-order valence-corrected chi connectivity index (χ1v) is 6.52. The third-order valence-corrected chi connectivity index (χ3v) is 3.60. The van der Waals surface area contributed by atoms with Gasteiger partial charge >= 0.3 is 5.97 Å². The van der Waals surface area contributed by atoms with Crippen molar-refractivity contribution in [2.75, 3.05) is 5.73 Å². The number of aromatic hydroxyl groups is 1. The molecular formula is C16H13FN2O3. The highest BCUT2D eigenvalue weighted by molar-refractivity contribution is 5.92. The molecule has 0 amide bonds. The molecule has 0 fully saturated rings. The van der Waals surface area contributed by atoms with Crippen molar-refractivity contribution >= 4 is 17.2 Å². The van der Waals surface area contributed by atoms with Crippen LogP contribution in [0.25, 0.3) is 16.8 Å². The van der Waals surface area contributed by atoms with Gasteiger partial charge in [0.05, 0.1) is 16.9 Å². The molecule has 5 nitrogen and oxygen atoms in total. The number of nitrogen functional groups attached to an aromatic ring is 1. The van der Waals surface area contributed by atoms with Crippen molar-refractivity contribution in [3.63, 3.8) is 0 Å². The van der Waals surface area contributed by atoms with Crippen LogP contribution in [0, 0.1) is 12.7 Å². The van der Waals surface area contributed by atoms with E-state index in [9.17, 15) is 14.3 Å². The second-order valence-electron chi connectivity index (χ2n) is 5.08. The van der Waals surface area contributed by atoms with Crippen LogP contribution in [-0.4, -0.2) is 20.6 Å². The van der Waals surface area contributed by atoms with Gasteiger partial charge in [-0.25, -0.2) is 9.18 Å². The number of halogens is 1. The average Bonchev–Trinajstić information content (AvgIpc) is 2.76. The molecule has 0 bridgehead atoms. The Labute approximate surface area is 125 Å². The van der Waals surface area contributed by atoms with E-state index in [0.717, 1.165) is 0 Å². The topological polar surface area (TPSA) is 88.0 Å². The van der Waals surface area contributed by atoms with Crippen molar-refractivity contribution < 1.29 is 19.4 Å². The van der Waals surface area contributed by atoms with Gasteiger partial charge in [-0.1, -0.05) is 6.07 Å². The molecule has 1 aromatic carbocycles. The van der Waals surface area contributed by atoms with E-state index < -0.39 is 5.97 Å². The number of aromatic nitrogens is 1. The predicted molar refractivity (Wildman–Crippen MR) is 80.6 cm³/mol. The zero-order valence-electron chi connectivity index (χ0n) is 11.7. The lowest BCUT2D eigenvalue weighted by molar-refractivity contribution is 0.0694. The Bertz CT molecular complexity index is 915. The van der Waals surface area contributed by atoms with Crippen molar-refractivity contribution in [1.82, 2.24) is 4.40 Å². The molecule has 0 spiro atoms. The van der Waals surface area contributed by atoms with Crippen LogP contribution in [0.3, 0.4) is 0 Å². The minimum Gasteiger partial charge on any atom is -0.507 e. The molecule has 0 radical (unpaired) electrons. The van der Waals surface area contributed by atoms with Gasteiger partial charge in [-0.05, 0) is 36.8 Å². The lowest BCUT2D eigenvalue weighted by atomic mass is 10.1. The van der Waals surface area contributed by atoms with Gasteiger partial charge in [0.15, 0.2) is 0 Å². The first-order chi connectivity index (χ1) is 10.4. The highest BCUT2D eigenvalue weighted by atomic mass is 19.1. The molecule has 0 aliphatic heterocycles. The highest BCUT2D eigenvalue weighted by Crippen LogP contribution is 2.32. The zero-order chi connectivity index (χ0) is 16.0. The summed E-state index contributed by atoms with van der Waals surface area (Å²) >= 11 is 0. The van der Waals surface area contributed by atoms with Crippen LogP contribution in [0.2, 0.25) is 0 Å². The Morgan fingerprint density at radius 2 is 2.00 bits per heavy atom. The summed E-state index contributed by atoms with van der Waals surface area (Å²) in [5.74, 6) is -1.95. The number of aromatic carboxylic acids is 1. The van der Waals surface area contributed by atoms with E-state index in [0.29, 0.717) is 28.0 Å². The number of phenols is 1. The molecule has 112 valence electrons. The summed E-state index contributed by atoms with van der Waals surface area (Å²) in [5.41, 5.74) is 8.46. The minimum absolute atomic E-state index is 0.195. The van der Waals surface area contributed by atoms with Gasteiger partial charge in [0.2, 0.25) is 0 Å². The Balaban J connectivity index is 2.24. The number of pyridine rings is 1. The molecule has 0 aliphatic carbocycles. The monoisotopic (exact) mass is 300 g/mol. The molecule has 3 rings (SSSR count). The predicted octanol–water partition coefficient (Wildman–Crippen LogP) is 3.04. The number of hydrogen-bond acceptors (Lipinski definition) is 3. The molecule has 2 aromatic heterocycles. The second-order valence-corrected chi connectivity index (χ2v) is 5.08. The first-order valence-electron chi connectivity index (χ1n) is 6.52. The van der Waals surface area contributed by atoms with Crippen molar-refractivity contribution in [2.24, 2.45) is 0 Å². The lowest BCUT2D eigenvalue weighted by Crippen LogP contribution is -1.97. The van der Waals surface area contributed by atoms with Crippen LogP contribution < -0.4 is 5.73 Å². The van der Waals surface area contributed by atoms with Crippen molar-refractivity contribution in [2.45, 2.75) is 6.92 Å². The summed E-state index contributed by atoms with van der Waals surface area (Å²) < 4.78 is 15.4. The number of carboxylic acids is 1. The number of hydrogen-bond donors (Lipinski definition) is 3. The number of carbonyl (C=O) groups is 1. The molecular weight excluding hydrogens is 287 g/mol. The standard InChI is InChI=1S/C16H13FN2O3/c1-8-4-14-12(18)6-13(19(14)7-11(8)17)9-2-3-10(16(21)22)15(20)5-9/h2-7,20H,18H2,1H3,(H,21,22). The Hall–Kier alpha value is -3.02. The van der Waals surface area contributed by atoms with Gasteiger partial charge in [0.1, 0.15) is 17.1 Å². The summed E-state index contributed by atoms with van der Waals surface area (Å²) in [5, 5.41) is 18.7. The second kappa shape index (κ2) is 4.77. The van der Waals surface area contributed by atoms with E-state index in [-0.39, 0.29) is 17.1 Å². The molecule has 0 saturated heterocycles. The van der Waals surface area contributed by atoms with Gasteiger partial charge in [0.25, 0.3) is 0 Å². The number of anilines is 1. The van der Waals surface area contributed by atoms with Gasteiger partial charge in [0, 0.05) is 11.8 Å². The van der Waals surface area contributed by atoms with Crippen LogP contribution >= 0.6 is 0 Å². The maximum atomic E-state index is 13.8. The largest absolute Gasteiger partial charge is 0.507 e. The Kier molecular flexibility index (Phi) is 3.02. The highest BCUT2D eigenvalue weighted by Gasteiger charge is 2.15. The third-order valence-electron chi connectivity index (χ3n) is 3.60. The Morgan fingerprint density at radius 1 is 1.27 bits per heavy atom. The van der Waals surface area contributed by atoms with Gasteiger partial charge < -0.3 is 20.3 Å². The fourth-order valence-electron chi connectivity index (χ4n) is 2.44. The van der Waals surface area contributed by atoms with E-state index in [4.69, 9.17) is 10.8 Å². The first kappa shape index (κ1) is 13.9. The number of aryl methyl sites for hydroxylation is 1.